The molecule has 0 bridgehead atoms. The third kappa shape index (κ3) is 3.71. The predicted octanol–water partition coefficient (Wildman–Crippen LogP) is 4.73. The smallest absolute Gasteiger partial charge is 0.135 e. The van der Waals surface area contributed by atoms with E-state index in [0.29, 0.717) is 18.8 Å². The first-order valence-electron chi connectivity index (χ1n) is 8.11. The standard InChI is InChI=1S/C20H21FN2O/c1-3-23-12-19(17-9-10-18(21)15(2)11-17)22-20(23)14-24-13-16-7-5-4-6-8-16/h4-12H,3,13-14H2,1-2H3. The van der Waals surface area contributed by atoms with Crippen LogP contribution in [0.25, 0.3) is 11.3 Å². The highest BCUT2D eigenvalue weighted by Crippen LogP contribution is 2.22. The fourth-order valence-corrected chi connectivity index (χ4v) is 2.62. The van der Waals surface area contributed by atoms with Crippen molar-refractivity contribution in [1.82, 2.24) is 9.55 Å². The molecule has 0 radical (unpaired) electrons. The quantitative estimate of drug-likeness (QED) is 0.655. The monoisotopic (exact) mass is 324 g/mol. The number of aryl methyl sites for hydroxylation is 2. The largest absolute Gasteiger partial charge is 0.369 e. The Morgan fingerprint density at radius 1 is 1.08 bits per heavy atom. The number of ether oxygens (including phenoxy) is 1. The molecule has 0 N–H and O–H groups in total. The molecule has 3 rings (SSSR count). The van der Waals surface area contributed by atoms with Crippen molar-refractivity contribution < 1.29 is 9.13 Å². The Morgan fingerprint density at radius 3 is 2.58 bits per heavy atom. The summed E-state index contributed by atoms with van der Waals surface area (Å²) >= 11 is 0. The maximum Gasteiger partial charge on any atom is 0.135 e. The number of rotatable bonds is 6. The molecule has 0 unspecified atom stereocenters. The first kappa shape index (κ1) is 16.4. The van der Waals surface area contributed by atoms with E-state index < -0.39 is 0 Å². The Kier molecular flexibility index (Phi) is 5.06. The van der Waals surface area contributed by atoms with E-state index >= 15 is 0 Å². The molecule has 0 saturated carbocycles. The molecule has 0 aliphatic carbocycles. The predicted molar refractivity (Wildman–Crippen MR) is 93.0 cm³/mol. The SMILES string of the molecule is CCn1cc(-c2ccc(F)c(C)c2)nc1COCc1ccccc1. The lowest BCUT2D eigenvalue weighted by Crippen LogP contribution is -2.03. The molecule has 3 nitrogen and oxygen atoms in total. The van der Waals surface area contributed by atoms with Crippen molar-refractivity contribution in [3.8, 4) is 11.3 Å². The van der Waals surface area contributed by atoms with E-state index in [2.05, 4.69) is 16.5 Å². The van der Waals surface area contributed by atoms with Gasteiger partial charge in [0.1, 0.15) is 18.2 Å². The number of benzene rings is 2. The van der Waals surface area contributed by atoms with Crippen LogP contribution in [0, 0.1) is 12.7 Å². The van der Waals surface area contributed by atoms with Crippen molar-refractivity contribution in [3.63, 3.8) is 0 Å². The van der Waals surface area contributed by atoms with Crippen LogP contribution in [0.15, 0.2) is 54.7 Å². The van der Waals surface area contributed by atoms with Gasteiger partial charge in [0.2, 0.25) is 0 Å². The summed E-state index contributed by atoms with van der Waals surface area (Å²) in [7, 11) is 0. The fraction of sp³-hybridized carbons (Fsp3) is 0.250. The van der Waals surface area contributed by atoms with Gasteiger partial charge in [-0.25, -0.2) is 9.37 Å². The second-order valence-electron chi connectivity index (χ2n) is 5.77. The minimum absolute atomic E-state index is 0.194. The zero-order chi connectivity index (χ0) is 16.9. The molecule has 0 aliphatic heterocycles. The second kappa shape index (κ2) is 7.41. The highest BCUT2D eigenvalue weighted by molar-refractivity contribution is 5.59. The third-order valence-corrected chi connectivity index (χ3v) is 4.00. The van der Waals surface area contributed by atoms with E-state index in [4.69, 9.17) is 4.74 Å². The van der Waals surface area contributed by atoms with Gasteiger partial charge in [-0.3, -0.25) is 0 Å². The van der Waals surface area contributed by atoms with Crippen molar-refractivity contribution in [1.29, 1.82) is 0 Å². The van der Waals surface area contributed by atoms with E-state index in [9.17, 15) is 4.39 Å². The van der Waals surface area contributed by atoms with Crippen LogP contribution in [0.2, 0.25) is 0 Å². The molecule has 1 heterocycles. The molecule has 0 fully saturated rings. The molecule has 0 amide bonds. The summed E-state index contributed by atoms with van der Waals surface area (Å²) in [6.07, 6.45) is 1.99. The molecule has 3 aromatic rings. The number of halogens is 1. The van der Waals surface area contributed by atoms with Crippen LogP contribution in [0.3, 0.4) is 0 Å². The molecular weight excluding hydrogens is 303 g/mol. The topological polar surface area (TPSA) is 27.1 Å². The van der Waals surface area contributed by atoms with Gasteiger partial charge >= 0.3 is 0 Å². The zero-order valence-corrected chi connectivity index (χ0v) is 14.0. The van der Waals surface area contributed by atoms with Gasteiger partial charge in [-0.2, -0.15) is 0 Å². The number of nitrogens with zero attached hydrogens (tertiary/aromatic N) is 2. The molecule has 0 atom stereocenters. The summed E-state index contributed by atoms with van der Waals surface area (Å²) in [5.41, 5.74) is 3.53. The Bertz CT molecular complexity index is 812. The summed E-state index contributed by atoms with van der Waals surface area (Å²) in [5, 5.41) is 0. The molecule has 24 heavy (non-hydrogen) atoms. The Balaban J connectivity index is 1.74. The summed E-state index contributed by atoms with van der Waals surface area (Å²) in [6.45, 7) is 5.66. The van der Waals surface area contributed by atoms with E-state index in [0.717, 1.165) is 29.2 Å². The van der Waals surface area contributed by atoms with Crippen LogP contribution < -0.4 is 0 Å². The highest BCUT2D eigenvalue weighted by atomic mass is 19.1. The number of hydrogen-bond acceptors (Lipinski definition) is 2. The first-order chi connectivity index (χ1) is 11.7. The van der Waals surface area contributed by atoms with Gasteiger partial charge in [0.05, 0.1) is 12.3 Å². The van der Waals surface area contributed by atoms with Crippen LogP contribution in [0.1, 0.15) is 23.9 Å². The van der Waals surface area contributed by atoms with Crippen LogP contribution in [0.4, 0.5) is 4.39 Å². The summed E-state index contributed by atoms with van der Waals surface area (Å²) in [5.74, 6) is 0.686. The van der Waals surface area contributed by atoms with Gasteiger partial charge in [0, 0.05) is 18.3 Å². The molecule has 1 aromatic heterocycles. The van der Waals surface area contributed by atoms with Gasteiger partial charge in [0.15, 0.2) is 0 Å². The van der Waals surface area contributed by atoms with Crippen molar-refractivity contribution in [2.24, 2.45) is 0 Å². The molecule has 4 heteroatoms. The summed E-state index contributed by atoms with van der Waals surface area (Å²) in [4.78, 5) is 4.67. The molecule has 0 saturated heterocycles. The van der Waals surface area contributed by atoms with E-state index in [1.807, 2.05) is 42.6 Å². The minimum atomic E-state index is -0.194. The maximum absolute atomic E-state index is 13.4. The van der Waals surface area contributed by atoms with E-state index in [-0.39, 0.29) is 5.82 Å². The summed E-state index contributed by atoms with van der Waals surface area (Å²) in [6, 6.07) is 15.1. The minimum Gasteiger partial charge on any atom is -0.369 e. The average Bonchev–Trinajstić information content (AvgIpc) is 3.01. The molecule has 0 spiro atoms. The fourth-order valence-electron chi connectivity index (χ4n) is 2.62. The second-order valence-corrected chi connectivity index (χ2v) is 5.77. The van der Waals surface area contributed by atoms with Crippen LogP contribution in [-0.2, 0) is 24.5 Å². The van der Waals surface area contributed by atoms with Crippen LogP contribution in [-0.4, -0.2) is 9.55 Å². The van der Waals surface area contributed by atoms with Crippen molar-refractivity contribution in [3.05, 3.63) is 77.5 Å². The van der Waals surface area contributed by atoms with E-state index in [1.165, 1.54) is 6.07 Å². The maximum atomic E-state index is 13.4. The zero-order valence-electron chi connectivity index (χ0n) is 14.0. The lowest BCUT2D eigenvalue weighted by molar-refractivity contribution is 0.0994. The third-order valence-electron chi connectivity index (χ3n) is 4.00. The summed E-state index contributed by atoms with van der Waals surface area (Å²) < 4.78 is 21.3. The molecule has 2 aromatic carbocycles. The molecular formula is C20H21FN2O. The molecule has 0 aliphatic rings. The lowest BCUT2D eigenvalue weighted by Gasteiger charge is -2.06. The average molecular weight is 324 g/mol. The normalized spacial score (nSPS) is 11.0. The number of hydrogen-bond donors (Lipinski definition) is 0. The van der Waals surface area contributed by atoms with Crippen molar-refractivity contribution in [2.75, 3.05) is 0 Å². The van der Waals surface area contributed by atoms with Crippen LogP contribution in [0.5, 0.6) is 0 Å². The Hall–Kier alpha value is -2.46. The van der Waals surface area contributed by atoms with Crippen LogP contribution >= 0.6 is 0 Å². The van der Waals surface area contributed by atoms with Gasteiger partial charge in [0.25, 0.3) is 0 Å². The Morgan fingerprint density at radius 2 is 1.88 bits per heavy atom. The Labute approximate surface area is 141 Å². The van der Waals surface area contributed by atoms with Gasteiger partial charge in [-0.15, -0.1) is 0 Å². The van der Waals surface area contributed by atoms with Crippen molar-refractivity contribution in [2.45, 2.75) is 33.6 Å². The van der Waals surface area contributed by atoms with E-state index in [1.54, 1.807) is 13.0 Å². The van der Waals surface area contributed by atoms with Gasteiger partial charge in [-0.05, 0) is 43.2 Å². The highest BCUT2D eigenvalue weighted by Gasteiger charge is 2.10. The lowest BCUT2D eigenvalue weighted by atomic mass is 10.1. The number of imidazole rings is 1. The molecule has 124 valence electrons. The van der Waals surface area contributed by atoms with Gasteiger partial charge < -0.3 is 9.30 Å². The van der Waals surface area contributed by atoms with Gasteiger partial charge in [-0.1, -0.05) is 30.3 Å². The van der Waals surface area contributed by atoms with Crippen molar-refractivity contribution >= 4 is 0 Å². The first-order valence-corrected chi connectivity index (χ1v) is 8.11. The number of aromatic nitrogens is 2.